The molecule has 0 radical (unpaired) electrons. The number of furan rings is 1. The van der Waals surface area contributed by atoms with Gasteiger partial charge in [0.05, 0.1) is 18.9 Å². The summed E-state index contributed by atoms with van der Waals surface area (Å²) >= 11 is 0. The van der Waals surface area contributed by atoms with Crippen molar-refractivity contribution in [3.8, 4) is 0 Å². The molecule has 0 spiro atoms. The number of hydrogen-bond donors (Lipinski definition) is 1. The van der Waals surface area contributed by atoms with Crippen LogP contribution in [0.2, 0.25) is 0 Å². The molecule has 1 N–H and O–H groups in total. The third-order valence-electron chi connectivity index (χ3n) is 5.91. The molecule has 0 aliphatic carbocycles. The Balaban J connectivity index is 1.21. The summed E-state index contributed by atoms with van der Waals surface area (Å²) < 4.78 is 5.28. The van der Waals surface area contributed by atoms with Crippen LogP contribution < -0.4 is 5.32 Å². The van der Waals surface area contributed by atoms with Gasteiger partial charge in [0.1, 0.15) is 0 Å². The molecule has 4 rings (SSSR count). The highest BCUT2D eigenvalue weighted by atomic mass is 16.3. The predicted octanol–water partition coefficient (Wildman–Crippen LogP) is 4.43. The van der Waals surface area contributed by atoms with Gasteiger partial charge in [0.25, 0.3) is 0 Å². The number of likely N-dealkylation sites (tertiary alicyclic amines) is 1. The van der Waals surface area contributed by atoms with Crippen LogP contribution >= 0.6 is 0 Å². The second-order valence-corrected chi connectivity index (χ2v) is 8.41. The number of benzene rings is 2. The van der Waals surface area contributed by atoms with Gasteiger partial charge in [0, 0.05) is 36.4 Å². The number of amides is 1. The average molecular weight is 391 g/mol. The summed E-state index contributed by atoms with van der Waals surface area (Å²) in [5.74, 6) is 0.744. The van der Waals surface area contributed by atoms with E-state index >= 15 is 0 Å². The summed E-state index contributed by atoms with van der Waals surface area (Å²) in [6.07, 6.45) is 7.04. The Morgan fingerprint density at radius 3 is 2.69 bits per heavy atom. The maximum atomic E-state index is 12.6. The van der Waals surface area contributed by atoms with Crippen molar-refractivity contribution >= 4 is 16.7 Å². The van der Waals surface area contributed by atoms with Gasteiger partial charge < -0.3 is 14.6 Å². The molecule has 2 heterocycles. The van der Waals surface area contributed by atoms with E-state index in [4.69, 9.17) is 4.42 Å². The highest BCUT2D eigenvalue weighted by Gasteiger charge is 2.22. The van der Waals surface area contributed by atoms with Crippen LogP contribution in [0.1, 0.15) is 30.9 Å². The second-order valence-electron chi connectivity index (χ2n) is 8.41. The maximum absolute atomic E-state index is 12.6. The first-order chi connectivity index (χ1) is 14.2. The lowest BCUT2D eigenvalue weighted by molar-refractivity contribution is -0.121. The van der Waals surface area contributed by atoms with E-state index in [9.17, 15) is 4.79 Å². The summed E-state index contributed by atoms with van der Waals surface area (Å²) in [5, 5.41) is 5.32. The number of hydrogen-bond acceptors (Lipinski definition) is 3. The summed E-state index contributed by atoms with van der Waals surface area (Å²) in [6, 6.07) is 17.0. The molecule has 1 atom stereocenters. The van der Waals surface area contributed by atoms with Crippen molar-refractivity contribution in [3.63, 3.8) is 0 Å². The number of carbonyl (C=O) groups is 1. The van der Waals surface area contributed by atoms with Gasteiger partial charge in [0.15, 0.2) is 0 Å². The van der Waals surface area contributed by atoms with Crippen molar-refractivity contribution in [3.05, 3.63) is 72.2 Å². The van der Waals surface area contributed by atoms with Crippen LogP contribution in [0.3, 0.4) is 0 Å². The predicted molar refractivity (Wildman–Crippen MR) is 117 cm³/mol. The fraction of sp³-hybridized carbons (Fsp3) is 0.400. The first kappa shape index (κ1) is 19.7. The Morgan fingerprint density at radius 2 is 1.90 bits per heavy atom. The summed E-state index contributed by atoms with van der Waals surface area (Å²) in [5.41, 5.74) is 2.44. The van der Waals surface area contributed by atoms with E-state index in [-0.39, 0.29) is 11.9 Å². The number of piperidine rings is 1. The fourth-order valence-corrected chi connectivity index (χ4v) is 4.44. The van der Waals surface area contributed by atoms with Gasteiger partial charge in [-0.3, -0.25) is 4.79 Å². The van der Waals surface area contributed by atoms with Crippen LogP contribution in [0.25, 0.3) is 10.8 Å². The Kier molecular flexibility index (Phi) is 6.30. The number of nitrogens with zero attached hydrogens (tertiary/aromatic N) is 1. The van der Waals surface area contributed by atoms with Crippen molar-refractivity contribution in [2.45, 2.75) is 38.6 Å². The minimum absolute atomic E-state index is 0.106. The van der Waals surface area contributed by atoms with E-state index in [2.05, 4.69) is 47.5 Å². The van der Waals surface area contributed by atoms with Gasteiger partial charge in [0.2, 0.25) is 5.91 Å². The van der Waals surface area contributed by atoms with Crippen molar-refractivity contribution in [2.24, 2.45) is 5.92 Å². The lowest BCUT2D eigenvalue weighted by Gasteiger charge is -2.34. The molecule has 1 saturated heterocycles. The standard InChI is InChI=1S/C25H30N2O2/c1-19(14-20-6-3-2-4-7-20)16-27-12-10-23(11-13-27)26-25(28)15-21-8-5-9-22-17-29-18-24(21)22/h2-9,17-19,23H,10-16H2,1H3,(H,26,28). The van der Waals surface area contributed by atoms with Gasteiger partial charge in [-0.15, -0.1) is 0 Å². The minimum Gasteiger partial charge on any atom is -0.471 e. The monoisotopic (exact) mass is 390 g/mol. The van der Waals surface area contributed by atoms with Gasteiger partial charge in [-0.2, -0.15) is 0 Å². The molecule has 4 heteroatoms. The second kappa shape index (κ2) is 9.27. The quantitative estimate of drug-likeness (QED) is 0.649. The number of carbonyl (C=O) groups excluding carboxylic acids is 1. The number of fused-ring (bicyclic) bond motifs is 1. The van der Waals surface area contributed by atoms with E-state index in [0.717, 1.165) is 55.2 Å². The summed E-state index contributed by atoms with van der Waals surface area (Å²) in [4.78, 5) is 15.1. The molecule has 1 unspecified atom stereocenters. The third-order valence-corrected chi connectivity index (χ3v) is 5.91. The molecule has 2 aromatic carbocycles. The Bertz CT molecular complexity index is 926. The molecule has 4 nitrogen and oxygen atoms in total. The van der Waals surface area contributed by atoms with E-state index in [0.29, 0.717) is 12.3 Å². The van der Waals surface area contributed by atoms with Crippen LogP contribution in [0.15, 0.2) is 65.5 Å². The lowest BCUT2D eigenvalue weighted by atomic mass is 9.98. The molecule has 1 fully saturated rings. The van der Waals surface area contributed by atoms with Crippen molar-refractivity contribution in [2.75, 3.05) is 19.6 Å². The van der Waals surface area contributed by atoms with E-state index in [1.54, 1.807) is 12.5 Å². The zero-order chi connectivity index (χ0) is 20.1. The Morgan fingerprint density at radius 1 is 1.10 bits per heavy atom. The van der Waals surface area contributed by atoms with Gasteiger partial charge in [-0.25, -0.2) is 0 Å². The molecular formula is C25H30N2O2. The number of rotatable bonds is 7. The summed E-state index contributed by atoms with van der Waals surface area (Å²) in [6.45, 7) is 5.57. The van der Waals surface area contributed by atoms with Gasteiger partial charge in [-0.1, -0.05) is 55.5 Å². The highest BCUT2D eigenvalue weighted by molar-refractivity contribution is 5.89. The maximum Gasteiger partial charge on any atom is 0.224 e. The molecule has 29 heavy (non-hydrogen) atoms. The minimum atomic E-state index is 0.106. The molecule has 1 aliphatic rings. The van der Waals surface area contributed by atoms with E-state index in [1.165, 1.54) is 5.56 Å². The zero-order valence-corrected chi connectivity index (χ0v) is 17.1. The molecule has 1 aliphatic heterocycles. The van der Waals surface area contributed by atoms with E-state index < -0.39 is 0 Å². The SMILES string of the molecule is CC(Cc1ccccc1)CN1CCC(NC(=O)Cc2cccc3cocc23)CC1. The highest BCUT2D eigenvalue weighted by Crippen LogP contribution is 2.21. The Hall–Kier alpha value is -2.59. The molecule has 0 bridgehead atoms. The topological polar surface area (TPSA) is 45.5 Å². The van der Waals surface area contributed by atoms with Crippen LogP contribution in [0.5, 0.6) is 0 Å². The fourth-order valence-electron chi connectivity index (χ4n) is 4.44. The Labute approximate surface area is 172 Å². The van der Waals surface area contributed by atoms with Gasteiger partial charge >= 0.3 is 0 Å². The normalized spacial score (nSPS) is 16.7. The number of nitrogens with one attached hydrogen (secondary N) is 1. The molecular weight excluding hydrogens is 360 g/mol. The smallest absolute Gasteiger partial charge is 0.224 e. The molecule has 3 aromatic rings. The molecule has 1 amide bonds. The van der Waals surface area contributed by atoms with Crippen molar-refractivity contribution in [1.82, 2.24) is 10.2 Å². The first-order valence-corrected chi connectivity index (χ1v) is 10.7. The van der Waals surface area contributed by atoms with Crippen LogP contribution in [-0.2, 0) is 17.6 Å². The summed E-state index contributed by atoms with van der Waals surface area (Å²) in [7, 11) is 0. The molecule has 0 saturated carbocycles. The lowest BCUT2D eigenvalue weighted by Crippen LogP contribution is -2.46. The average Bonchev–Trinajstić information content (AvgIpc) is 3.20. The van der Waals surface area contributed by atoms with E-state index in [1.807, 2.05) is 18.2 Å². The third kappa shape index (κ3) is 5.27. The largest absolute Gasteiger partial charge is 0.471 e. The zero-order valence-electron chi connectivity index (χ0n) is 17.1. The van der Waals surface area contributed by atoms with Crippen molar-refractivity contribution < 1.29 is 9.21 Å². The van der Waals surface area contributed by atoms with Crippen molar-refractivity contribution in [1.29, 1.82) is 0 Å². The molecule has 152 valence electrons. The van der Waals surface area contributed by atoms with Crippen LogP contribution in [0.4, 0.5) is 0 Å². The van der Waals surface area contributed by atoms with Crippen LogP contribution in [-0.4, -0.2) is 36.5 Å². The molecule has 1 aromatic heterocycles. The first-order valence-electron chi connectivity index (χ1n) is 10.7. The van der Waals surface area contributed by atoms with Crippen LogP contribution in [0, 0.1) is 5.92 Å². The van der Waals surface area contributed by atoms with Gasteiger partial charge in [-0.05, 0) is 36.3 Å².